The van der Waals surface area contributed by atoms with Gasteiger partial charge in [-0.15, -0.1) is 0 Å². The average molecular weight is 320 g/mol. The fourth-order valence-electron chi connectivity index (χ4n) is 2.00. The molecule has 0 unspecified atom stereocenters. The predicted molar refractivity (Wildman–Crippen MR) is 67.3 cm³/mol. The zero-order valence-corrected chi connectivity index (χ0v) is 10.9. The molecule has 0 aromatic heterocycles. The zero-order chi connectivity index (χ0) is 16.4. The maximum absolute atomic E-state index is 13.4. The molecular formula is C15H10F6O. The minimum atomic E-state index is -5.69. The molecule has 7 heteroatoms. The molecule has 22 heavy (non-hydrogen) atoms. The molecule has 0 spiro atoms. The SMILES string of the molecule is FC(F)(F)C(Oc1ccccc1)(c1ccccc1)C(F)(F)F. The van der Waals surface area contributed by atoms with Gasteiger partial charge in [0.2, 0.25) is 0 Å². The van der Waals surface area contributed by atoms with Crippen LogP contribution < -0.4 is 4.74 Å². The highest BCUT2D eigenvalue weighted by Crippen LogP contribution is 2.52. The van der Waals surface area contributed by atoms with Crippen LogP contribution in [0.4, 0.5) is 26.3 Å². The Bertz CT molecular complexity index is 589. The molecule has 2 rings (SSSR count). The highest BCUT2D eigenvalue weighted by Gasteiger charge is 2.74. The summed E-state index contributed by atoms with van der Waals surface area (Å²) >= 11 is 0. The lowest BCUT2D eigenvalue weighted by Crippen LogP contribution is -2.58. The van der Waals surface area contributed by atoms with Gasteiger partial charge in [0, 0.05) is 5.56 Å². The Labute approximate surface area is 122 Å². The first-order chi connectivity index (χ1) is 10.2. The normalized spacial score (nSPS) is 13.0. The number of alkyl halides is 6. The van der Waals surface area contributed by atoms with Gasteiger partial charge in [-0.05, 0) is 12.1 Å². The van der Waals surface area contributed by atoms with Gasteiger partial charge < -0.3 is 4.74 Å². The van der Waals surface area contributed by atoms with E-state index in [1.54, 1.807) is 0 Å². The van der Waals surface area contributed by atoms with Crippen LogP contribution in [0, 0.1) is 0 Å². The standard InChI is InChI=1S/C15H10F6O/c16-14(17,18)13(15(19,20)21,11-7-3-1-4-8-11)22-12-9-5-2-6-10-12/h1-10H. The van der Waals surface area contributed by atoms with Crippen molar-refractivity contribution in [1.82, 2.24) is 0 Å². The van der Waals surface area contributed by atoms with Gasteiger partial charge in [-0.3, -0.25) is 0 Å². The largest absolute Gasteiger partial charge is 0.464 e. The van der Waals surface area contributed by atoms with Crippen molar-refractivity contribution in [2.75, 3.05) is 0 Å². The Morgan fingerprint density at radius 2 is 1.00 bits per heavy atom. The van der Waals surface area contributed by atoms with Crippen molar-refractivity contribution in [2.45, 2.75) is 18.0 Å². The van der Waals surface area contributed by atoms with E-state index in [9.17, 15) is 26.3 Å². The van der Waals surface area contributed by atoms with Crippen LogP contribution in [0.5, 0.6) is 5.75 Å². The van der Waals surface area contributed by atoms with Crippen molar-refractivity contribution in [3.8, 4) is 5.75 Å². The molecule has 118 valence electrons. The number of halogens is 6. The highest BCUT2D eigenvalue weighted by atomic mass is 19.4. The molecule has 0 saturated carbocycles. The summed E-state index contributed by atoms with van der Waals surface area (Å²) in [6.07, 6.45) is -11.4. The van der Waals surface area contributed by atoms with Crippen LogP contribution in [0.25, 0.3) is 0 Å². The summed E-state index contributed by atoms with van der Waals surface area (Å²) in [6, 6.07) is 11.1. The van der Waals surface area contributed by atoms with Crippen molar-refractivity contribution >= 4 is 0 Å². The van der Waals surface area contributed by atoms with Crippen molar-refractivity contribution in [1.29, 1.82) is 0 Å². The van der Waals surface area contributed by atoms with Gasteiger partial charge in [-0.1, -0.05) is 48.5 Å². The summed E-state index contributed by atoms with van der Waals surface area (Å²) in [5.41, 5.74) is -5.46. The smallest absolute Gasteiger partial charge is 0.442 e. The molecule has 0 N–H and O–H groups in total. The van der Waals surface area contributed by atoms with Gasteiger partial charge in [-0.2, -0.15) is 26.3 Å². The molecule has 2 aromatic rings. The molecule has 0 radical (unpaired) electrons. The molecule has 0 heterocycles. The van der Waals surface area contributed by atoms with Crippen LogP contribution in [0.15, 0.2) is 60.7 Å². The van der Waals surface area contributed by atoms with E-state index >= 15 is 0 Å². The lowest BCUT2D eigenvalue weighted by atomic mass is 9.91. The first-order valence-electron chi connectivity index (χ1n) is 6.11. The summed E-state index contributed by atoms with van der Waals surface area (Å²) in [7, 11) is 0. The van der Waals surface area contributed by atoms with Crippen LogP contribution in [0.2, 0.25) is 0 Å². The Hall–Kier alpha value is -2.18. The van der Waals surface area contributed by atoms with Crippen LogP contribution in [-0.2, 0) is 5.60 Å². The molecule has 0 aliphatic carbocycles. The Kier molecular flexibility index (Phi) is 4.08. The van der Waals surface area contributed by atoms with Crippen LogP contribution in [-0.4, -0.2) is 12.4 Å². The quantitative estimate of drug-likeness (QED) is 0.716. The summed E-state index contributed by atoms with van der Waals surface area (Å²) in [5, 5.41) is 0. The van der Waals surface area contributed by atoms with E-state index in [1.165, 1.54) is 24.3 Å². The minimum Gasteiger partial charge on any atom is -0.464 e. The lowest BCUT2D eigenvalue weighted by molar-refractivity contribution is -0.365. The molecule has 0 amide bonds. The van der Waals surface area contributed by atoms with E-state index in [2.05, 4.69) is 4.74 Å². The molecule has 0 fully saturated rings. The number of hydrogen-bond donors (Lipinski definition) is 0. The van der Waals surface area contributed by atoms with E-state index in [4.69, 9.17) is 0 Å². The summed E-state index contributed by atoms with van der Waals surface area (Å²) in [5.74, 6) is -0.527. The maximum Gasteiger partial charge on any atom is 0.442 e. The monoisotopic (exact) mass is 320 g/mol. The van der Waals surface area contributed by atoms with Gasteiger partial charge in [0.25, 0.3) is 0 Å². The molecule has 0 saturated heterocycles. The molecule has 0 atom stereocenters. The van der Waals surface area contributed by atoms with Gasteiger partial charge in [0.05, 0.1) is 0 Å². The van der Waals surface area contributed by atoms with Gasteiger partial charge >= 0.3 is 18.0 Å². The third-order valence-corrected chi connectivity index (χ3v) is 2.99. The van der Waals surface area contributed by atoms with Gasteiger partial charge in [-0.25, -0.2) is 0 Å². The van der Waals surface area contributed by atoms with Gasteiger partial charge in [0.1, 0.15) is 5.75 Å². The molecule has 0 aliphatic heterocycles. The summed E-state index contributed by atoms with van der Waals surface area (Å²) in [4.78, 5) is 0. The molecule has 1 nitrogen and oxygen atoms in total. The summed E-state index contributed by atoms with van der Waals surface area (Å²) in [6.45, 7) is 0. The molecule has 0 bridgehead atoms. The second kappa shape index (κ2) is 5.55. The number of para-hydroxylation sites is 1. The Balaban J connectivity index is 2.67. The molecular weight excluding hydrogens is 310 g/mol. The van der Waals surface area contributed by atoms with Crippen LogP contribution >= 0.6 is 0 Å². The lowest BCUT2D eigenvalue weighted by Gasteiger charge is -2.37. The maximum atomic E-state index is 13.4. The molecule has 0 aliphatic rings. The van der Waals surface area contributed by atoms with Crippen LogP contribution in [0.1, 0.15) is 5.56 Å². The minimum absolute atomic E-state index is 0.527. The molecule has 2 aromatic carbocycles. The first-order valence-corrected chi connectivity index (χ1v) is 6.11. The number of rotatable bonds is 3. The number of ether oxygens (including phenoxy) is 1. The van der Waals surface area contributed by atoms with Gasteiger partial charge in [0.15, 0.2) is 0 Å². The summed E-state index contributed by atoms with van der Waals surface area (Å²) < 4.78 is 84.9. The second-order valence-corrected chi connectivity index (χ2v) is 4.46. The van der Waals surface area contributed by atoms with Crippen LogP contribution in [0.3, 0.4) is 0 Å². The van der Waals surface area contributed by atoms with E-state index in [1.807, 2.05) is 0 Å². The highest BCUT2D eigenvalue weighted by molar-refractivity contribution is 5.31. The van der Waals surface area contributed by atoms with E-state index in [0.717, 1.165) is 36.4 Å². The average Bonchev–Trinajstić information content (AvgIpc) is 2.44. The Morgan fingerprint density at radius 3 is 1.41 bits per heavy atom. The predicted octanol–water partition coefficient (Wildman–Crippen LogP) is 5.09. The third kappa shape index (κ3) is 2.75. The third-order valence-electron chi connectivity index (χ3n) is 2.99. The van der Waals surface area contributed by atoms with Crippen molar-refractivity contribution in [2.24, 2.45) is 0 Å². The van der Waals surface area contributed by atoms with Crippen molar-refractivity contribution < 1.29 is 31.1 Å². The fourth-order valence-corrected chi connectivity index (χ4v) is 2.00. The van der Waals surface area contributed by atoms with E-state index in [0.29, 0.717) is 0 Å². The van der Waals surface area contributed by atoms with Crippen molar-refractivity contribution in [3.63, 3.8) is 0 Å². The van der Waals surface area contributed by atoms with E-state index < -0.39 is 29.3 Å². The fraction of sp³-hybridized carbons (Fsp3) is 0.200. The number of hydrogen-bond acceptors (Lipinski definition) is 1. The van der Waals surface area contributed by atoms with Crippen molar-refractivity contribution in [3.05, 3.63) is 66.2 Å². The topological polar surface area (TPSA) is 9.23 Å². The number of benzene rings is 2. The van der Waals surface area contributed by atoms with E-state index in [-0.39, 0.29) is 0 Å². The zero-order valence-electron chi connectivity index (χ0n) is 10.9. The first kappa shape index (κ1) is 16.2. The Morgan fingerprint density at radius 1 is 0.591 bits per heavy atom. The second-order valence-electron chi connectivity index (χ2n) is 4.46.